The average Bonchev–Trinajstić information content (AvgIpc) is 2.75. The number of methoxy groups -OCH3 is 1. The zero-order valence-corrected chi connectivity index (χ0v) is 18.2. The summed E-state index contributed by atoms with van der Waals surface area (Å²) >= 11 is 5.76. The number of carbonyl (C=O) groups excluding carboxylic acids is 1. The van der Waals surface area contributed by atoms with E-state index in [0.717, 1.165) is 0 Å². The molecule has 0 spiro atoms. The Labute approximate surface area is 189 Å². The minimum Gasteiger partial charge on any atom is -0.497 e. The van der Waals surface area contributed by atoms with Crippen LogP contribution >= 0.6 is 11.6 Å². The summed E-state index contributed by atoms with van der Waals surface area (Å²) < 4.78 is 56.5. The monoisotopic (exact) mass is 472 g/mol. The molecule has 0 aromatic heterocycles. The van der Waals surface area contributed by atoms with E-state index in [1.165, 1.54) is 24.3 Å². The molecule has 1 unspecified atom stereocenters. The van der Waals surface area contributed by atoms with E-state index >= 15 is 0 Å². The highest BCUT2D eigenvalue weighted by Gasteiger charge is 2.44. The highest BCUT2D eigenvalue weighted by molar-refractivity contribution is 6.30. The van der Waals surface area contributed by atoms with Gasteiger partial charge in [0.1, 0.15) is 17.6 Å². The van der Waals surface area contributed by atoms with Crippen molar-refractivity contribution in [3.63, 3.8) is 0 Å². The Morgan fingerprint density at radius 2 is 1.94 bits per heavy atom. The van der Waals surface area contributed by atoms with E-state index in [4.69, 9.17) is 25.8 Å². The van der Waals surface area contributed by atoms with Gasteiger partial charge in [-0.1, -0.05) is 17.7 Å². The van der Waals surface area contributed by atoms with Crippen molar-refractivity contribution in [3.05, 3.63) is 53.6 Å². The molecule has 1 aliphatic rings. The number of hydrogen-bond acceptors (Lipinski definition) is 5. The maximum absolute atomic E-state index is 13.6. The second-order valence-corrected chi connectivity index (χ2v) is 7.82. The summed E-state index contributed by atoms with van der Waals surface area (Å²) in [5.74, 6) is 1.22. The third-order valence-corrected chi connectivity index (χ3v) is 5.19. The third kappa shape index (κ3) is 7.20. The first-order valence-corrected chi connectivity index (χ1v) is 10.4. The van der Waals surface area contributed by atoms with Crippen LogP contribution in [0, 0.1) is 0 Å². The maximum atomic E-state index is 13.6. The summed E-state index contributed by atoms with van der Waals surface area (Å²) in [6, 6.07) is 13.0. The quantitative estimate of drug-likeness (QED) is 0.587. The Kier molecular flexibility index (Phi) is 8.09. The fraction of sp³-hybridized carbons (Fsp3) is 0.409. The van der Waals surface area contributed by atoms with Crippen LogP contribution in [0.5, 0.6) is 11.5 Å². The lowest BCUT2D eigenvalue weighted by Crippen LogP contribution is -2.49. The fourth-order valence-electron chi connectivity index (χ4n) is 3.39. The second-order valence-electron chi connectivity index (χ2n) is 7.39. The fourth-order valence-corrected chi connectivity index (χ4v) is 3.52. The van der Waals surface area contributed by atoms with Gasteiger partial charge in [0.2, 0.25) is 6.10 Å². The normalized spacial score (nSPS) is 18.0. The van der Waals surface area contributed by atoms with Crippen molar-refractivity contribution in [2.24, 2.45) is 0 Å². The van der Waals surface area contributed by atoms with Gasteiger partial charge in [-0.25, -0.2) is 4.79 Å². The van der Waals surface area contributed by atoms with E-state index in [9.17, 15) is 18.0 Å². The molecule has 2 aromatic carbocycles. The number of nitrogens with one attached hydrogen (secondary N) is 1. The number of alkyl halides is 3. The van der Waals surface area contributed by atoms with Gasteiger partial charge in [-0.15, -0.1) is 0 Å². The predicted molar refractivity (Wildman–Crippen MR) is 114 cm³/mol. The smallest absolute Gasteiger partial charge is 0.426 e. The number of carbonyl (C=O) groups is 1. The molecule has 6 nitrogen and oxygen atoms in total. The van der Waals surface area contributed by atoms with Crippen LogP contribution in [-0.4, -0.2) is 56.1 Å². The predicted octanol–water partition coefficient (Wildman–Crippen LogP) is 5.37. The molecular weight excluding hydrogens is 449 g/mol. The van der Waals surface area contributed by atoms with Crippen molar-refractivity contribution in [1.82, 2.24) is 4.90 Å². The average molecular weight is 473 g/mol. The van der Waals surface area contributed by atoms with Gasteiger partial charge in [-0.2, -0.15) is 13.2 Å². The van der Waals surface area contributed by atoms with Crippen LogP contribution < -0.4 is 14.8 Å². The van der Waals surface area contributed by atoms with Gasteiger partial charge in [0.05, 0.1) is 7.11 Å². The molecular formula is C22H24ClF3N2O4. The van der Waals surface area contributed by atoms with E-state index in [0.29, 0.717) is 35.9 Å². The minimum atomic E-state index is -4.71. The summed E-state index contributed by atoms with van der Waals surface area (Å²) in [7, 11) is 1.54. The lowest BCUT2D eigenvalue weighted by molar-refractivity contribution is -0.207. The molecule has 1 N–H and O–H groups in total. The summed E-state index contributed by atoms with van der Waals surface area (Å²) in [5.41, 5.74) is 0.282. The molecule has 1 amide bonds. The lowest BCUT2D eigenvalue weighted by atomic mass is 10.1. The molecule has 1 saturated heterocycles. The first kappa shape index (κ1) is 24.0. The summed E-state index contributed by atoms with van der Waals surface area (Å²) in [6.07, 6.45) is -7.08. The van der Waals surface area contributed by atoms with Gasteiger partial charge in [0, 0.05) is 29.9 Å². The number of rotatable bonds is 7. The molecule has 0 bridgehead atoms. The SMILES string of the molecule is COc1cccc(OC2CCCN(C[C@H](OC(=O)Nc3ccc(Cl)cc3)C(F)(F)F)C2)c1. The van der Waals surface area contributed by atoms with Crippen LogP contribution in [0.1, 0.15) is 12.8 Å². The lowest BCUT2D eigenvalue weighted by Gasteiger charge is -2.35. The van der Waals surface area contributed by atoms with Crippen LogP contribution in [0.4, 0.5) is 23.7 Å². The number of ether oxygens (including phenoxy) is 3. The molecule has 32 heavy (non-hydrogen) atoms. The highest BCUT2D eigenvalue weighted by Crippen LogP contribution is 2.27. The van der Waals surface area contributed by atoms with Crippen LogP contribution in [0.2, 0.25) is 5.02 Å². The van der Waals surface area contributed by atoms with E-state index in [2.05, 4.69) is 5.32 Å². The van der Waals surface area contributed by atoms with Crippen molar-refractivity contribution < 1.29 is 32.2 Å². The van der Waals surface area contributed by atoms with Gasteiger partial charge in [0.25, 0.3) is 0 Å². The number of hydrogen-bond donors (Lipinski definition) is 1. The van der Waals surface area contributed by atoms with Crippen molar-refractivity contribution in [2.75, 3.05) is 32.1 Å². The molecule has 2 atom stereocenters. The number of likely N-dealkylation sites (tertiary alicyclic amines) is 1. The van der Waals surface area contributed by atoms with E-state index < -0.39 is 24.9 Å². The van der Waals surface area contributed by atoms with Crippen LogP contribution in [-0.2, 0) is 4.74 Å². The molecule has 2 aromatic rings. The van der Waals surface area contributed by atoms with Gasteiger partial charge >= 0.3 is 12.3 Å². The summed E-state index contributed by atoms with van der Waals surface area (Å²) in [6.45, 7) is 0.258. The van der Waals surface area contributed by atoms with Gasteiger partial charge < -0.3 is 14.2 Å². The standard InChI is InChI=1S/C22H24ClF3N2O4/c1-30-17-4-2-5-18(12-17)31-19-6-3-11-28(13-19)14-20(22(24,25)26)32-21(29)27-16-9-7-15(23)8-10-16/h2,4-5,7-10,12,19-20H,3,6,11,13-14H2,1H3,(H,27,29)/t19?,20-/m0/s1. The zero-order valence-electron chi connectivity index (χ0n) is 17.4. The molecule has 174 valence electrons. The Morgan fingerprint density at radius 1 is 1.22 bits per heavy atom. The number of nitrogens with zero attached hydrogens (tertiary/aromatic N) is 1. The number of piperidine rings is 1. The number of halogens is 4. The van der Waals surface area contributed by atoms with E-state index in [1.54, 1.807) is 36.3 Å². The Morgan fingerprint density at radius 3 is 2.62 bits per heavy atom. The van der Waals surface area contributed by atoms with Crippen LogP contribution in [0.15, 0.2) is 48.5 Å². The third-order valence-electron chi connectivity index (χ3n) is 4.94. The minimum absolute atomic E-state index is 0.282. The van der Waals surface area contributed by atoms with Gasteiger partial charge in [0.15, 0.2) is 0 Å². The van der Waals surface area contributed by atoms with Crippen molar-refractivity contribution >= 4 is 23.4 Å². The summed E-state index contributed by atoms with van der Waals surface area (Å²) in [5, 5.41) is 2.72. The highest BCUT2D eigenvalue weighted by atomic mass is 35.5. The molecule has 1 fully saturated rings. The molecule has 1 heterocycles. The van der Waals surface area contributed by atoms with Gasteiger partial charge in [-0.05, 0) is 55.8 Å². The number of benzene rings is 2. The van der Waals surface area contributed by atoms with E-state index in [-0.39, 0.29) is 18.3 Å². The van der Waals surface area contributed by atoms with Gasteiger partial charge in [-0.3, -0.25) is 10.2 Å². The number of anilines is 1. The first-order chi connectivity index (χ1) is 15.2. The summed E-state index contributed by atoms with van der Waals surface area (Å²) in [4.78, 5) is 13.6. The van der Waals surface area contributed by atoms with Crippen LogP contribution in [0.25, 0.3) is 0 Å². The van der Waals surface area contributed by atoms with E-state index in [1.807, 2.05) is 0 Å². The Hall–Kier alpha value is -2.65. The Balaban J connectivity index is 1.58. The van der Waals surface area contributed by atoms with Crippen molar-refractivity contribution in [3.8, 4) is 11.5 Å². The van der Waals surface area contributed by atoms with Crippen molar-refractivity contribution in [2.45, 2.75) is 31.2 Å². The number of amides is 1. The van der Waals surface area contributed by atoms with Crippen LogP contribution in [0.3, 0.4) is 0 Å². The molecule has 0 saturated carbocycles. The molecule has 0 aliphatic carbocycles. The molecule has 3 rings (SSSR count). The molecule has 1 aliphatic heterocycles. The molecule has 10 heteroatoms. The maximum Gasteiger partial charge on any atom is 0.426 e. The largest absolute Gasteiger partial charge is 0.497 e. The molecule has 0 radical (unpaired) electrons. The first-order valence-electron chi connectivity index (χ1n) is 10.1. The topological polar surface area (TPSA) is 60.0 Å². The van der Waals surface area contributed by atoms with Crippen molar-refractivity contribution in [1.29, 1.82) is 0 Å². The second kappa shape index (κ2) is 10.8. The Bertz CT molecular complexity index is 895. The zero-order chi connectivity index (χ0) is 23.1.